The fourth-order valence-corrected chi connectivity index (χ4v) is 2.51. The largest absolute Gasteiger partial charge is 0.381 e. The van der Waals surface area contributed by atoms with Crippen LogP contribution in [0.2, 0.25) is 0 Å². The molecule has 0 N–H and O–H groups in total. The fourth-order valence-electron chi connectivity index (χ4n) is 2.51. The van der Waals surface area contributed by atoms with E-state index in [1.165, 1.54) is 15.3 Å². The molecule has 1 aliphatic rings. The summed E-state index contributed by atoms with van der Waals surface area (Å²) < 4.78 is 8.08. The summed E-state index contributed by atoms with van der Waals surface area (Å²) in [6.45, 7) is 1.73. The second-order valence-corrected chi connectivity index (χ2v) is 4.88. The monoisotopic (exact) mass is 261 g/mol. The highest BCUT2D eigenvalue weighted by Crippen LogP contribution is 2.13. The van der Waals surface area contributed by atoms with Crippen molar-refractivity contribution < 1.29 is 4.74 Å². The number of nitrogens with zero attached hydrogens (tertiary/aromatic N) is 3. The van der Waals surface area contributed by atoms with Crippen LogP contribution in [0.1, 0.15) is 6.42 Å². The van der Waals surface area contributed by atoms with Crippen LogP contribution >= 0.6 is 0 Å². The molecular weight excluding hydrogens is 246 g/mol. The minimum Gasteiger partial charge on any atom is -0.381 e. The predicted octanol–water partition coefficient (Wildman–Crippen LogP) is 0.132. The van der Waals surface area contributed by atoms with Gasteiger partial charge in [0.1, 0.15) is 0 Å². The summed E-state index contributed by atoms with van der Waals surface area (Å²) >= 11 is 0. The molecule has 0 amide bonds. The molecule has 0 radical (unpaired) electrons. The molecule has 0 spiro atoms. The van der Waals surface area contributed by atoms with E-state index in [1.54, 1.807) is 19.3 Å². The van der Waals surface area contributed by atoms with Gasteiger partial charge in [-0.15, -0.1) is 0 Å². The third kappa shape index (κ3) is 1.98. The Morgan fingerprint density at radius 2 is 2.32 bits per heavy atom. The van der Waals surface area contributed by atoms with E-state index in [0.29, 0.717) is 30.7 Å². The van der Waals surface area contributed by atoms with Gasteiger partial charge < -0.3 is 4.74 Å². The molecule has 100 valence electrons. The van der Waals surface area contributed by atoms with Gasteiger partial charge in [-0.25, -0.2) is 4.79 Å². The molecule has 1 fully saturated rings. The Hall–Kier alpha value is -1.95. The molecule has 1 unspecified atom stereocenters. The van der Waals surface area contributed by atoms with Crippen molar-refractivity contribution in [3.63, 3.8) is 0 Å². The minimum atomic E-state index is -0.282. The molecule has 3 rings (SSSR count). The van der Waals surface area contributed by atoms with E-state index in [1.807, 2.05) is 0 Å². The third-order valence-electron chi connectivity index (χ3n) is 3.62. The molecule has 6 nitrogen and oxygen atoms in total. The van der Waals surface area contributed by atoms with Crippen molar-refractivity contribution in [3.8, 4) is 0 Å². The second kappa shape index (κ2) is 4.62. The van der Waals surface area contributed by atoms with Gasteiger partial charge in [-0.05, 0) is 12.5 Å². The van der Waals surface area contributed by atoms with Gasteiger partial charge in [0.15, 0.2) is 0 Å². The molecule has 6 heteroatoms. The Bertz CT molecular complexity index is 726. The number of hydrogen-bond acceptors (Lipinski definition) is 4. The van der Waals surface area contributed by atoms with Gasteiger partial charge in [0.05, 0.1) is 17.5 Å². The van der Waals surface area contributed by atoms with Crippen LogP contribution in [0.5, 0.6) is 0 Å². The van der Waals surface area contributed by atoms with E-state index in [2.05, 4.69) is 4.98 Å². The average molecular weight is 261 g/mol. The smallest absolute Gasteiger partial charge is 0.331 e. The van der Waals surface area contributed by atoms with Gasteiger partial charge in [0.2, 0.25) is 0 Å². The maximum absolute atomic E-state index is 12.4. The zero-order valence-corrected chi connectivity index (χ0v) is 10.7. The number of pyridine rings is 1. The molecule has 3 heterocycles. The van der Waals surface area contributed by atoms with E-state index in [0.717, 1.165) is 6.42 Å². The summed E-state index contributed by atoms with van der Waals surface area (Å²) in [5.74, 6) is 0.236. The summed E-state index contributed by atoms with van der Waals surface area (Å²) in [5, 5.41) is 0.475. The highest BCUT2D eigenvalue weighted by atomic mass is 16.5. The number of hydrogen-bond donors (Lipinski definition) is 0. The van der Waals surface area contributed by atoms with Gasteiger partial charge >= 0.3 is 5.69 Å². The van der Waals surface area contributed by atoms with Crippen LogP contribution < -0.4 is 11.2 Å². The second-order valence-electron chi connectivity index (χ2n) is 4.88. The first-order valence-electron chi connectivity index (χ1n) is 6.30. The number of aryl methyl sites for hydroxylation is 1. The number of aromatic nitrogens is 3. The zero-order valence-electron chi connectivity index (χ0n) is 10.7. The van der Waals surface area contributed by atoms with Gasteiger partial charge in [-0.2, -0.15) is 0 Å². The van der Waals surface area contributed by atoms with Crippen molar-refractivity contribution >= 4 is 10.9 Å². The van der Waals surface area contributed by atoms with E-state index < -0.39 is 0 Å². The summed E-state index contributed by atoms with van der Waals surface area (Å²) in [6.07, 6.45) is 3.98. The first-order valence-corrected chi connectivity index (χ1v) is 6.30. The normalized spacial score (nSPS) is 19.1. The molecule has 0 aliphatic carbocycles. The maximum atomic E-state index is 12.4. The van der Waals surface area contributed by atoms with Crippen molar-refractivity contribution in [3.05, 3.63) is 39.3 Å². The Labute approximate surface area is 109 Å². The minimum absolute atomic E-state index is 0.236. The first-order chi connectivity index (χ1) is 9.18. The molecule has 1 atom stereocenters. The Balaban J connectivity index is 2.18. The molecule has 1 aliphatic heterocycles. The Morgan fingerprint density at radius 1 is 1.47 bits per heavy atom. The fraction of sp³-hybridized carbons (Fsp3) is 0.462. The van der Waals surface area contributed by atoms with Crippen LogP contribution in [-0.4, -0.2) is 27.3 Å². The molecular formula is C13H15N3O3. The molecule has 2 aromatic rings. The molecule has 0 bridgehead atoms. The van der Waals surface area contributed by atoms with Crippen LogP contribution in [-0.2, 0) is 18.3 Å². The summed E-state index contributed by atoms with van der Waals surface area (Å²) in [6, 6.07) is 1.68. The highest BCUT2D eigenvalue weighted by Gasteiger charge is 2.19. The van der Waals surface area contributed by atoms with Crippen molar-refractivity contribution in [2.45, 2.75) is 13.0 Å². The van der Waals surface area contributed by atoms with Crippen LogP contribution in [0.4, 0.5) is 0 Å². The topological polar surface area (TPSA) is 66.1 Å². The highest BCUT2D eigenvalue weighted by molar-refractivity contribution is 5.76. The van der Waals surface area contributed by atoms with E-state index in [-0.39, 0.29) is 17.2 Å². The lowest BCUT2D eigenvalue weighted by atomic mass is 10.1. The molecule has 0 aromatic carbocycles. The van der Waals surface area contributed by atoms with Crippen molar-refractivity contribution in [2.24, 2.45) is 13.0 Å². The van der Waals surface area contributed by atoms with Gasteiger partial charge in [0, 0.05) is 38.5 Å². The van der Waals surface area contributed by atoms with Crippen molar-refractivity contribution in [2.75, 3.05) is 13.2 Å². The van der Waals surface area contributed by atoms with E-state index in [9.17, 15) is 9.59 Å². The van der Waals surface area contributed by atoms with Crippen LogP contribution in [0.25, 0.3) is 10.9 Å². The molecule has 0 saturated carbocycles. The molecule has 2 aromatic heterocycles. The van der Waals surface area contributed by atoms with E-state index >= 15 is 0 Å². The van der Waals surface area contributed by atoms with Gasteiger partial charge in [0.25, 0.3) is 5.56 Å². The first kappa shape index (κ1) is 12.1. The van der Waals surface area contributed by atoms with Crippen LogP contribution in [0.3, 0.4) is 0 Å². The maximum Gasteiger partial charge on any atom is 0.331 e. The Kier molecular flexibility index (Phi) is 2.94. The lowest BCUT2D eigenvalue weighted by molar-refractivity contribution is 0.182. The number of rotatable bonds is 2. The van der Waals surface area contributed by atoms with Gasteiger partial charge in [-0.3, -0.25) is 18.9 Å². The quantitative estimate of drug-likeness (QED) is 0.771. The van der Waals surface area contributed by atoms with Crippen molar-refractivity contribution in [1.29, 1.82) is 0 Å². The summed E-state index contributed by atoms with van der Waals surface area (Å²) in [5.41, 5.74) is 0.0672. The lowest BCUT2D eigenvalue weighted by Crippen LogP contribution is -2.40. The van der Waals surface area contributed by atoms with Gasteiger partial charge in [-0.1, -0.05) is 0 Å². The van der Waals surface area contributed by atoms with Crippen molar-refractivity contribution in [1.82, 2.24) is 14.1 Å². The zero-order chi connectivity index (χ0) is 13.4. The summed E-state index contributed by atoms with van der Waals surface area (Å²) in [4.78, 5) is 28.6. The number of fused-ring (bicyclic) bond motifs is 1. The summed E-state index contributed by atoms with van der Waals surface area (Å²) in [7, 11) is 1.67. The number of ether oxygens (including phenoxy) is 1. The molecule has 19 heavy (non-hydrogen) atoms. The predicted molar refractivity (Wildman–Crippen MR) is 70.2 cm³/mol. The van der Waals surface area contributed by atoms with Crippen LogP contribution in [0.15, 0.2) is 28.0 Å². The van der Waals surface area contributed by atoms with E-state index in [4.69, 9.17) is 4.74 Å². The molecule has 1 saturated heterocycles. The SMILES string of the molecule is Cn1c(=O)n(CC2CCOC2)c(=O)c2cnccc21. The standard InChI is InChI=1S/C13H15N3O3/c1-15-11-2-4-14-6-10(11)12(17)16(13(15)18)7-9-3-5-19-8-9/h2,4,6,9H,3,5,7-8H2,1H3. The van der Waals surface area contributed by atoms with Crippen LogP contribution in [0, 0.1) is 5.92 Å². The Morgan fingerprint density at radius 3 is 3.05 bits per heavy atom. The third-order valence-corrected chi connectivity index (χ3v) is 3.62. The lowest BCUT2D eigenvalue weighted by Gasteiger charge is -2.13. The average Bonchev–Trinajstić information content (AvgIpc) is 2.94.